The molecule has 0 aromatic rings. The van der Waals surface area contributed by atoms with Crippen LogP contribution < -0.4 is 0 Å². The van der Waals surface area contributed by atoms with E-state index >= 15 is 0 Å². The maximum absolute atomic E-state index is 13.9. The van der Waals surface area contributed by atoms with Gasteiger partial charge in [0.15, 0.2) is 0 Å². The van der Waals surface area contributed by atoms with E-state index in [1.807, 2.05) is 0 Å². The van der Waals surface area contributed by atoms with Gasteiger partial charge in [0.1, 0.15) is 19.0 Å². The van der Waals surface area contributed by atoms with Gasteiger partial charge in [-0.25, -0.2) is 4.79 Å². The minimum Gasteiger partial charge on any atom is -0.465 e. The van der Waals surface area contributed by atoms with Crippen LogP contribution >= 0.6 is 0 Å². The number of esters is 5. The predicted octanol–water partition coefficient (Wildman–Crippen LogP) is 13.0. The Morgan fingerprint density at radius 3 is 1.24 bits per heavy atom. The van der Waals surface area contributed by atoms with Gasteiger partial charge in [-0.3, -0.25) is 33.7 Å². The van der Waals surface area contributed by atoms with Crippen molar-refractivity contribution in [2.24, 2.45) is 17.8 Å². The summed E-state index contributed by atoms with van der Waals surface area (Å²) < 4.78 is 34.2. The number of ketones is 1. The van der Waals surface area contributed by atoms with E-state index in [1.54, 1.807) is 4.90 Å². The first-order valence-corrected chi connectivity index (χ1v) is 30.4. The van der Waals surface area contributed by atoms with Crippen molar-refractivity contribution >= 4 is 41.7 Å². The van der Waals surface area contributed by atoms with Crippen molar-refractivity contribution in [3.05, 3.63) is 0 Å². The largest absolute Gasteiger partial charge is 0.465 e. The Hall–Kier alpha value is -3.75. The van der Waals surface area contributed by atoms with Gasteiger partial charge in [-0.05, 0) is 64.0 Å². The Balaban J connectivity index is 2.11. The van der Waals surface area contributed by atoms with Crippen LogP contribution in [0.3, 0.4) is 0 Å². The predicted molar refractivity (Wildman–Crippen MR) is 293 cm³/mol. The number of hydrogen-bond acceptors (Lipinski definition) is 14. The summed E-state index contributed by atoms with van der Waals surface area (Å²) in [6.45, 7) is 11.2. The van der Waals surface area contributed by atoms with Gasteiger partial charge in [-0.1, -0.05) is 163 Å². The SMILES string of the molecule is CCCCCCCCC(=O)OCC(COC(=O)CCCCCCCC)CC(=O)C[C@@H]1C[C@H](COC(=O)CC(COC(=O)CCCCCCCC)COC(=O)CCCCCCCC)N(C(=O)OCCN2CCCCC2)C1. The molecule has 15 nitrogen and oxygen atoms in total. The number of ether oxygens (including phenoxy) is 6. The number of carbonyl (C=O) groups excluding carboxylic acids is 7. The Morgan fingerprint density at radius 1 is 0.440 bits per heavy atom. The second-order valence-corrected chi connectivity index (χ2v) is 21.8. The van der Waals surface area contributed by atoms with Gasteiger partial charge < -0.3 is 33.3 Å². The molecule has 0 radical (unpaired) electrons. The molecule has 1 amide bonds. The standard InChI is InChI=1S/C60H106N2O13/c1-5-9-13-17-21-26-32-55(64)71-45-51(46-72-56(65)33-27-22-18-14-10-6-2)42-54(63)41-50-40-53(62(44-50)60(69)70-39-38-61-36-30-25-31-37-61)49-75-59(68)43-52(47-73-57(66)34-28-23-19-15-11-7-3)48-74-58(67)35-29-24-20-16-12-8-4/h50-53H,5-49H2,1-4H3/t50-,53+/m0/s1. The molecule has 0 unspecified atom stereocenters. The third-order valence-corrected chi connectivity index (χ3v) is 14.6. The van der Waals surface area contributed by atoms with Crippen LogP contribution in [-0.2, 0) is 57.2 Å². The number of rotatable bonds is 47. The molecule has 0 N–H and O–H groups in total. The smallest absolute Gasteiger partial charge is 0.410 e. The number of likely N-dealkylation sites (tertiary alicyclic amines) is 2. The molecule has 2 aliphatic heterocycles. The molecule has 0 aliphatic carbocycles. The van der Waals surface area contributed by atoms with Crippen LogP contribution in [0.4, 0.5) is 4.79 Å². The molecule has 2 saturated heterocycles. The van der Waals surface area contributed by atoms with Crippen LogP contribution in [0, 0.1) is 17.8 Å². The Morgan fingerprint density at radius 2 is 0.827 bits per heavy atom. The highest BCUT2D eigenvalue weighted by Crippen LogP contribution is 2.29. The minimum atomic E-state index is -0.623. The molecule has 0 spiro atoms. The van der Waals surface area contributed by atoms with Crippen molar-refractivity contribution in [3.63, 3.8) is 0 Å². The summed E-state index contributed by atoms with van der Waals surface area (Å²) in [4.78, 5) is 96.1. The minimum absolute atomic E-state index is 0.0273. The average molecular weight is 1060 g/mol. The normalized spacial score (nSPS) is 15.8. The van der Waals surface area contributed by atoms with Crippen molar-refractivity contribution in [1.82, 2.24) is 9.80 Å². The number of nitrogens with zero attached hydrogens (tertiary/aromatic N) is 2. The molecule has 75 heavy (non-hydrogen) atoms. The summed E-state index contributed by atoms with van der Waals surface area (Å²) in [7, 11) is 0. The van der Waals surface area contributed by atoms with Gasteiger partial charge in [0.05, 0.1) is 38.9 Å². The maximum Gasteiger partial charge on any atom is 0.410 e. The molecule has 2 fully saturated rings. The molecule has 0 aromatic heterocycles. The third kappa shape index (κ3) is 36.1. The van der Waals surface area contributed by atoms with Crippen molar-refractivity contribution in [2.75, 3.05) is 65.8 Å². The molecule has 2 aliphatic rings. The van der Waals surface area contributed by atoms with Crippen molar-refractivity contribution in [1.29, 1.82) is 0 Å². The fraction of sp³-hybridized carbons (Fsp3) is 0.883. The monoisotopic (exact) mass is 1060 g/mol. The number of amides is 1. The maximum atomic E-state index is 13.9. The lowest BCUT2D eigenvalue weighted by Crippen LogP contribution is -2.41. The van der Waals surface area contributed by atoms with Crippen LogP contribution in [-0.4, -0.2) is 123 Å². The zero-order valence-corrected chi connectivity index (χ0v) is 47.8. The van der Waals surface area contributed by atoms with E-state index in [0.29, 0.717) is 25.8 Å². The number of unbranched alkanes of at least 4 members (excludes halogenated alkanes) is 20. The lowest BCUT2D eigenvalue weighted by atomic mass is 9.94. The molecular weight excluding hydrogens is 957 g/mol. The van der Waals surface area contributed by atoms with Gasteiger partial charge in [-0.2, -0.15) is 0 Å². The third-order valence-electron chi connectivity index (χ3n) is 14.6. The fourth-order valence-electron chi connectivity index (χ4n) is 9.94. The number of Topliss-reactive ketones (excluding diaryl/α,β-unsaturated/α-hetero) is 1. The highest BCUT2D eigenvalue weighted by molar-refractivity contribution is 5.79. The quantitative estimate of drug-likeness (QED) is 0.0319. The first-order valence-electron chi connectivity index (χ1n) is 30.4. The molecule has 2 rings (SSSR count). The summed E-state index contributed by atoms with van der Waals surface area (Å²) in [6, 6.07) is -0.570. The van der Waals surface area contributed by atoms with Crippen LogP contribution in [0.2, 0.25) is 0 Å². The van der Waals surface area contributed by atoms with E-state index in [9.17, 15) is 33.6 Å². The van der Waals surface area contributed by atoms with Gasteiger partial charge in [0.2, 0.25) is 0 Å². The van der Waals surface area contributed by atoms with E-state index in [-0.39, 0.29) is 114 Å². The first kappa shape index (κ1) is 67.4. The molecule has 2 heterocycles. The van der Waals surface area contributed by atoms with Crippen LogP contribution in [0.15, 0.2) is 0 Å². The zero-order chi connectivity index (χ0) is 54.6. The van der Waals surface area contributed by atoms with Gasteiger partial charge in [0, 0.05) is 63.5 Å². The van der Waals surface area contributed by atoms with Crippen LogP contribution in [0.25, 0.3) is 0 Å². The molecule has 434 valence electrons. The van der Waals surface area contributed by atoms with E-state index in [0.717, 1.165) is 154 Å². The first-order chi connectivity index (χ1) is 36.5. The summed E-state index contributed by atoms with van der Waals surface area (Å²) in [6.07, 6.45) is 29.1. The molecule has 0 bridgehead atoms. The Bertz CT molecular complexity index is 1470. The summed E-state index contributed by atoms with van der Waals surface area (Å²) in [5, 5.41) is 0. The van der Waals surface area contributed by atoms with Crippen LogP contribution in [0.5, 0.6) is 0 Å². The zero-order valence-electron chi connectivity index (χ0n) is 47.8. The van der Waals surface area contributed by atoms with Crippen molar-refractivity contribution in [2.45, 2.75) is 258 Å². The molecule has 2 atom stereocenters. The van der Waals surface area contributed by atoms with Crippen LogP contribution in [0.1, 0.15) is 252 Å². The second-order valence-electron chi connectivity index (χ2n) is 21.8. The molecular formula is C60H106N2O13. The average Bonchev–Trinajstić information content (AvgIpc) is 3.81. The van der Waals surface area contributed by atoms with E-state index in [1.165, 1.54) is 32.1 Å². The topological polar surface area (TPSA) is 181 Å². The highest BCUT2D eigenvalue weighted by atomic mass is 16.6. The summed E-state index contributed by atoms with van der Waals surface area (Å²) in [5.74, 6) is -3.49. The summed E-state index contributed by atoms with van der Waals surface area (Å²) >= 11 is 0. The molecule has 0 saturated carbocycles. The summed E-state index contributed by atoms with van der Waals surface area (Å²) in [5.41, 5.74) is 0. The number of piperidine rings is 1. The van der Waals surface area contributed by atoms with Gasteiger partial charge >= 0.3 is 35.9 Å². The van der Waals surface area contributed by atoms with Gasteiger partial charge in [0.25, 0.3) is 0 Å². The molecule has 0 aromatic carbocycles. The fourth-order valence-corrected chi connectivity index (χ4v) is 9.94. The van der Waals surface area contributed by atoms with E-state index in [4.69, 9.17) is 28.4 Å². The number of carbonyl (C=O) groups is 7. The lowest BCUT2D eigenvalue weighted by Gasteiger charge is -2.27. The molecule has 15 heteroatoms. The van der Waals surface area contributed by atoms with E-state index < -0.39 is 29.9 Å². The van der Waals surface area contributed by atoms with Gasteiger partial charge in [-0.15, -0.1) is 0 Å². The van der Waals surface area contributed by atoms with E-state index in [2.05, 4.69) is 32.6 Å². The second kappa shape index (κ2) is 45.3. The Kier molecular flexibility index (Phi) is 40.7. The lowest BCUT2D eigenvalue weighted by molar-refractivity contribution is -0.155. The highest BCUT2D eigenvalue weighted by Gasteiger charge is 2.38. The van der Waals surface area contributed by atoms with Crippen molar-refractivity contribution < 1.29 is 62.0 Å². The van der Waals surface area contributed by atoms with Crippen molar-refractivity contribution in [3.8, 4) is 0 Å². The number of hydrogen-bond donors (Lipinski definition) is 0. The Labute approximate surface area is 454 Å².